The first-order valence-corrected chi connectivity index (χ1v) is 10.0. The van der Waals surface area contributed by atoms with Gasteiger partial charge in [0.25, 0.3) is 5.91 Å². The number of amides is 1. The molecule has 1 fully saturated rings. The second-order valence-electron chi connectivity index (χ2n) is 5.71. The minimum atomic E-state index is -3.47. The molecule has 8 heteroatoms. The van der Waals surface area contributed by atoms with Crippen LogP contribution >= 0.6 is 11.3 Å². The van der Waals surface area contributed by atoms with Crippen LogP contribution in [0.1, 0.15) is 23.2 Å². The molecule has 0 unspecified atom stereocenters. The second kappa shape index (κ2) is 6.92. The van der Waals surface area contributed by atoms with Crippen molar-refractivity contribution in [3.63, 3.8) is 0 Å². The summed E-state index contributed by atoms with van der Waals surface area (Å²) >= 11 is 1.19. The van der Waals surface area contributed by atoms with Crippen LogP contribution in [0.2, 0.25) is 0 Å². The summed E-state index contributed by atoms with van der Waals surface area (Å²) in [5, 5.41) is 1.74. The Balaban J connectivity index is 1.60. The highest BCUT2D eigenvalue weighted by atomic mass is 32.2. The van der Waals surface area contributed by atoms with Crippen molar-refractivity contribution in [3.05, 3.63) is 47.3 Å². The zero-order valence-corrected chi connectivity index (χ0v) is 14.6. The molecule has 3 rings (SSSR count). The molecule has 1 aromatic carbocycles. The molecule has 0 bridgehead atoms. The van der Waals surface area contributed by atoms with E-state index in [1.54, 1.807) is 46.7 Å². The first kappa shape index (κ1) is 16.9. The summed E-state index contributed by atoms with van der Waals surface area (Å²) in [4.78, 5) is 14.2. The number of nitrogens with one attached hydrogen (secondary N) is 1. The molecule has 0 spiro atoms. The van der Waals surface area contributed by atoms with Crippen molar-refractivity contribution < 1.29 is 13.2 Å². The predicted molar refractivity (Wildman–Crippen MR) is 94.4 cm³/mol. The van der Waals surface area contributed by atoms with Crippen LogP contribution in [0.15, 0.2) is 46.0 Å². The van der Waals surface area contributed by atoms with E-state index >= 15 is 0 Å². The lowest BCUT2D eigenvalue weighted by Crippen LogP contribution is -2.46. The number of nitrogen functional groups attached to an aromatic ring is 1. The van der Waals surface area contributed by atoms with Crippen LogP contribution in [0.3, 0.4) is 0 Å². The molecular weight excluding hydrogens is 346 g/mol. The molecule has 2 aromatic rings. The Labute approximate surface area is 145 Å². The molecule has 6 nitrogen and oxygen atoms in total. The van der Waals surface area contributed by atoms with Gasteiger partial charge in [-0.25, -0.2) is 13.1 Å². The van der Waals surface area contributed by atoms with Crippen molar-refractivity contribution in [1.82, 2.24) is 9.62 Å². The van der Waals surface area contributed by atoms with Gasteiger partial charge in [-0.2, -0.15) is 0 Å². The third-order valence-corrected chi connectivity index (χ3v) is 6.97. The van der Waals surface area contributed by atoms with Crippen LogP contribution in [0, 0.1) is 0 Å². The van der Waals surface area contributed by atoms with Crippen LogP contribution in [0.5, 0.6) is 0 Å². The lowest BCUT2D eigenvalue weighted by Gasteiger charge is -2.32. The van der Waals surface area contributed by atoms with Crippen molar-refractivity contribution in [2.45, 2.75) is 23.1 Å². The predicted octanol–water partition coefficient (Wildman–Crippen LogP) is 1.91. The fourth-order valence-corrected chi connectivity index (χ4v) is 5.07. The number of piperidine rings is 1. The summed E-state index contributed by atoms with van der Waals surface area (Å²) < 4.78 is 27.5. The van der Waals surface area contributed by atoms with E-state index in [0.717, 1.165) is 0 Å². The number of para-hydroxylation sites is 1. The topological polar surface area (TPSA) is 92.5 Å². The standard InChI is InChI=1S/C16H19N3O3S2/c17-14-5-2-1-4-13(14)16(20)19-9-7-12(8-10-19)18-24(21,22)15-6-3-11-23-15/h1-6,11-12,18H,7-10,17H2. The van der Waals surface area contributed by atoms with Gasteiger partial charge in [-0.1, -0.05) is 18.2 Å². The zero-order chi connectivity index (χ0) is 17.2. The number of nitrogens with two attached hydrogens (primary N) is 1. The number of hydrogen-bond donors (Lipinski definition) is 2. The van der Waals surface area contributed by atoms with Crippen LogP contribution in [0.4, 0.5) is 5.69 Å². The number of sulfonamides is 1. The molecule has 128 valence electrons. The molecular formula is C16H19N3O3S2. The highest BCUT2D eigenvalue weighted by molar-refractivity contribution is 7.91. The van der Waals surface area contributed by atoms with Gasteiger partial charge < -0.3 is 10.6 Å². The van der Waals surface area contributed by atoms with Crippen LogP contribution < -0.4 is 10.5 Å². The number of hydrogen-bond acceptors (Lipinski definition) is 5. The van der Waals surface area contributed by atoms with Crippen molar-refractivity contribution in [1.29, 1.82) is 0 Å². The summed E-state index contributed by atoms with van der Waals surface area (Å²) in [6.07, 6.45) is 1.17. The Morgan fingerprint density at radius 1 is 1.17 bits per heavy atom. The number of carbonyl (C=O) groups excluding carboxylic acids is 1. The Kier molecular flexibility index (Phi) is 4.88. The third-order valence-electron chi connectivity index (χ3n) is 4.06. The van der Waals surface area contributed by atoms with Gasteiger partial charge in [0.2, 0.25) is 10.0 Å². The Hall–Kier alpha value is -1.90. The van der Waals surface area contributed by atoms with E-state index in [1.807, 2.05) is 0 Å². The van der Waals surface area contributed by atoms with E-state index < -0.39 is 10.0 Å². The Morgan fingerprint density at radius 3 is 2.50 bits per heavy atom. The van der Waals surface area contributed by atoms with Crippen molar-refractivity contribution in [3.8, 4) is 0 Å². The fraction of sp³-hybridized carbons (Fsp3) is 0.312. The summed E-state index contributed by atoms with van der Waals surface area (Å²) in [6.45, 7) is 1.01. The average Bonchev–Trinajstić information content (AvgIpc) is 3.10. The maximum absolute atomic E-state index is 12.5. The summed E-state index contributed by atoms with van der Waals surface area (Å²) in [5.41, 5.74) is 6.81. The van der Waals surface area contributed by atoms with Gasteiger partial charge in [0, 0.05) is 24.8 Å². The summed E-state index contributed by atoms with van der Waals surface area (Å²) in [5.74, 6) is -0.104. The quantitative estimate of drug-likeness (QED) is 0.810. The van der Waals surface area contributed by atoms with Crippen molar-refractivity contribution in [2.75, 3.05) is 18.8 Å². The molecule has 24 heavy (non-hydrogen) atoms. The number of benzene rings is 1. The number of likely N-dealkylation sites (tertiary alicyclic amines) is 1. The number of anilines is 1. The van der Waals surface area contributed by atoms with E-state index in [1.165, 1.54) is 11.3 Å². The molecule has 0 atom stereocenters. The smallest absolute Gasteiger partial charge is 0.255 e. The molecule has 2 heterocycles. The first-order chi connectivity index (χ1) is 11.5. The van der Waals surface area contributed by atoms with Gasteiger partial charge in [0.15, 0.2) is 0 Å². The monoisotopic (exact) mass is 365 g/mol. The van der Waals surface area contributed by atoms with Gasteiger partial charge in [-0.05, 0) is 36.4 Å². The van der Waals surface area contributed by atoms with Gasteiger partial charge in [-0.3, -0.25) is 4.79 Å². The van der Waals surface area contributed by atoms with E-state index in [-0.39, 0.29) is 11.9 Å². The molecule has 1 aliphatic heterocycles. The van der Waals surface area contributed by atoms with Crippen LogP contribution in [-0.4, -0.2) is 38.4 Å². The molecule has 1 saturated heterocycles. The Morgan fingerprint density at radius 2 is 1.88 bits per heavy atom. The van der Waals surface area contributed by atoms with Gasteiger partial charge in [0.05, 0.1) is 5.56 Å². The summed E-state index contributed by atoms with van der Waals surface area (Å²) in [6, 6.07) is 10.1. The zero-order valence-electron chi connectivity index (χ0n) is 13.0. The maximum atomic E-state index is 12.5. The van der Waals surface area contributed by atoms with Crippen LogP contribution in [-0.2, 0) is 10.0 Å². The van der Waals surface area contributed by atoms with Crippen molar-refractivity contribution in [2.24, 2.45) is 0 Å². The molecule has 0 radical (unpaired) electrons. The Bertz CT molecular complexity index is 811. The number of rotatable bonds is 4. The second-order valence-corrected chi connectivity index (χ2v) is 8.60. The van der Waals surface area contributed by atoms with Crippen molar-refractivity contribution >= 4 is 33.0 Å². The average molecular weight is 365 g/mol. The molecule has 1 aliphatic rings. The highest BCUT2D eigenvalue weighted by Crippen LogP contribution is 2.21. The minimum absolute atomic E-state index is 0.104. The van der Waals surface area contributed by atoms with Gasteiger partial charge in [-0.15, -0.1) is 11.3 Å². The number of nitrogens with zero attached hydrogens (tertiary/aromatic N) is 1. The maximum Gasteiger partial charge on any atom is 0.255 e. The number of carbonyl (C=O) groups is 1. The van der Waals surface area contributed by atoms with E-state index in [4.69, 9.17) is 5.73 Å². The molecule has 1 amide bonds. The van der Waals surface area contributed by atoms with E-state index in [9.17, 15) is 13.2 Å². The molecule has 0 aliphatic carbocycles. The molecule has 3 N–H and O–H groups in total. The SMILES string of the molecule is Nc1ccccc1C(=O)N1CCC(NS(=O)(=O)c2cccs2)CC1. The number of thiophene rings is 1. The minimum Gasteiger partial charge on any atom is -0.398 e. The normalized spacial score (nSPS) is 16.2. The van der Waals surface area contributed by atoms with E-state index in [2.05, 4.69) is 4.72 Å². The molecule has 0 saturated carbocycles. The fourth-order valence-electron chi connectivity index (χ4n) is 2.76. The summed E-state index contributed by atoms with van der Waals surface area (Å²) in [7, 11) is -3.47. The molecule has 1 aromatic heterocycles. The largest absolute Gasteiger partial charge is 0.398 e. The highest BCUT2D eigenvalue weighted by Gasteiger charge is 2.28. The van der Waals surface area contributed by atoms with Crippen LogP contribution in [0.25, 0.3) is 0 Å². The van der Waals surface area contributed by atoms with Gasteiger partial charge in [0.1, 0.15) is 4.21 Å². The first-order valence-electron chi connectivity index (χ1n) is 7.67. The van der Waals surface area contributed by atoms with Gasteiger partial charge >= 0.3 is 0 Å². The third kappa shape index (κ3) is 3.61. The lowest BCUT2D eigenvalue weighted by molar-refractivity contribution is 0.0712. The lowest BCUT2D eigenvalue weighted by atomic mass is 10.0. The van der Waals surface area contributed by atoms with E-state index in [0.29, 0.717) is 41.4 Å².